The lowest BCUT2D eigenvalue weighted by Crippen LogP contribution is -2.67. The molecule has 0 bridgehead atoms. The lowest BCUT2D eigenvalue weighted by atomic mass is 9.43. The Kier molecular flexibility index (Phi) is 23.3. The Morgan fingerprint density at radius 2 is 1.04 bits per heavy atom. The summed E-state index contributed by atoms with van der Waals surface area (Å²) in [4.78, 5) is 14.1. The normalized spacial score (nSPS) is 50.2. The third kappa shape index (κ3) is 13.4. The smallest absolute Gasteiger partial charge is 0.314 e. The van der Waals surface area contributed by atoms with Gasteiger partial charge < -0.3 is 144 Å². The number of rotatable bonds is 21. The molecule has 0 aromatic rings. The van der Waals surface area contributed by atoms with E-state index in [1.165, 1.54) is 11.1 Å². The first-order chi connectivity index (χ1) is 44.3. The summed E-state index contributed by atoms with van der Waals surface area (Å²) in [6.45, 7) is 15.2. The van der Waals surface area contributed by atoms with Crippen molar-refractivity contribution in [2.24, 2.45) is 45.3 Å². The summed E-state index contributed by atoms with van der Waals surface area (Å²) in [6.07, 6.45) is -41.8. The van der Waals surface area contributed by atoms with E-state index >= 15 is 0 Å². The number of hydrogen-bond donors (Lipinski definition) is 17. The predicted octanol–water partition coefficient (Wildman–Crippen LogP) is -3.35. The predicted molar refractivity (Wildman–Crippen MR) is 317 cm³/mol. The molecular weight excluding hydrogens is 1250 g/mol. The Morgan fingerprint density at radius 1 is 0.511 bits per heavy atom. The van der Waals surface area contributed by atoms with Crippen LogP contribution in [-0.2, 0) is 61.6 Å². The molecule has 0 aromatic carbocycles. The highest BCUT2D eigenvalue weighted by Gasteiger charge is 2.69. The van der Waals surface area contributed by atoms with Crippen LogP contribution in [0.1, 0.15) is 113 Å². The van der Waals surface area contributed by atoms with Crippen molar-refractivity contribution in [2.75, 3.05) is 39.6 Å². The molecular formula is C64H104O30. The minimum Gasteiger partial charge on any atom is -0.481 e. The molecule has 4 aliphatic carbocycles. The van der Waals surface area contributed by atoms with Gasteiger partial charge in [-0.25, -0.2) is 0 Å². The summed E-state index contributed by atoms with van der Waals surface area (Å²) in [5, 5.41) is 186. The molecule has 0 amide bonds. The van der Waals surface area contributed by atoms with Gasteiger partial charge in [0.2, 0.25) is 0 Å². The van der Waals surface area contributed by atoms with Gasteiger partial charge in [-0.2, -0.15) is 0 Å². The van der Waals surface area contributed by atoms with Gasteiger partial charge in [0.1, 0.15) is 128 Å². The first-order valence-electron chi connectivity index (χ1n) is 33.4. The van der Waals surface area contributed by atoms with Crippen molar-refractivity contribution in [3.63, 3.8) is 0 Å². The number of ether oxygens (including phenoxy) is 12. The topological polar surface area (TPSA) is 472 Å². The van der Waals surface area contributed by atoms with Gasteiger partial charge in [-0.15, -0.1) is 0 Å². The number of aliphatic hydroxyl groups excluding tert-OH is 16. The number of fused-ring (bicyclic) bond motifs is 4. The molecule has 0 aromatic heterocycles. The zero-order chi connectivity index (χ0) is 68.6. The fourth-order valence-electron chi connectivity index (χ4n) is 17.7. The molecule has 0 spiro atoms. The number of carboxylic acids is 1. The molecule has 10 aliphatic rings. The standard InChI is InChI=1S/C64H104O30/c1-25(2)26(3)9-10-27(4)28-14-18-64(60(81)82)30-11-12-37-61(5,6)38(15-16-62(37,7)29(30)13-17-63(28,64)8)90-58-53(94-57-48(79)43(74)40(71)33(19-65)86-57)50(32(69)23-84-58)91-55-47(78)42(73)36(24-85-55)89-56-49(80)45(76)51(35(21-67)88-56)92-59-52(44(75)41(72)34(20-66)87-59)93-54-46(77)39(70)31(68)22-83-54/h25,27-28,31-59,65-80H,3,9-24H2,1-2,4-8H3,(H,81,82)/t27-,28?,31-,32+,33?,34?,35?,36+,37?,38+,39?,40+,41-,42?,43?,44?,45?,46?,47?,48?,49?,50?,51+,52?,53?,54+,55+,56+,57+,58+,59+,62-,63-,64?/m1/s1. The van der Waals surface area contributed by atoms with E-state index in [9.17, 15) is 91.6 Å². The summed E-state index contributed by atoms with van der Waals surface area (Å²) in [5.41, 5.74) is 0.962. The number of carbonyl (C=O) groups is 1. The van der Waals surface area contributed by atoms with Crippen molar-refractivity contribution in [1.82, 2.24) is 0 Å². The molecule has 30 heteroatoms. The molecule has 30 nitrogen and oxygen atoms in total. The lowest BCUT2D eigenvalue weighted by molar-refractivity contribution is -0.395. The van der Waals surface area contributed by atoms with Crippen LogP contribution < -0.4 is 0 Å². The lowest BCUT2D eigenvalue weighted by Gasteiger charge is -2.62. The first-order valence-corrected chi connectivity index (χ1v) is 33.4. The molecule has 2 saturated carbocycles. The number of carboxylic acid groups (broad SMARTS) is 1. The Labute approximate surface area is 545 Å². The van der Waals surface area contributed by atoms with Crippen LogP contribution in [0.4, 0.5) is 0 Å². The minimum absolute atomic E-state index is 0.0318. The van der Waals surface area contributed by atoms with Crippen molar-refractivity contribution in [1.29, 1.82) is 0 Å². The second-order valence-electron chi connectivity index (χ2n) is 29.4. The summed E-state index contributed by atoms with van der Waals surface area (Å²) < 4.78 is 71.9. The van der Waals surface area contributed by atoms with Crippen molar-refractivity contribution < 1.29 is 148 Å². The Morgan fingerprint density at radius 3 is 1.69 bits per heavy atom. The van der Waals surface area contributed by atoms with Crippen LogP contribution in [0.25, 0.3) is 0 Å². The number of aliphatic carboxylic acids is 1. The van der Waals surface area contributed by atoms with Crippen LogP contribution in [0.3, 0.4) is 0 Å². The summed E-state index contributed by atoms with van der Waals surface area (Å²) >= 11 is 0. The first kappa shape index (κ1) is 74.5. The highest BCUT2D eigenvalue weighted by atomic mass is 16.8. The number of allylic oxidation sites excluding steroid dienone is 2. The van der Waals surface area contributed by atoms with Crippen LogP contribution in [0.2, 0.25) is 0 Å². The van der Waals surface area contributed by atoms with Crippen LogP contribution in [0.15, 0.2) is 23.3 Å². The molecule has 8 fully saturated rings. The monoisotopic (exact) mass is 1350 g/mol. The van der Waals surface area contributed by atoms with E-state index in [-0.39, 0.29) is 11.8 Å². The van der Waals surface area contributed by atoms with Crippen molar-refractivity contribution in [2.45, 2.75) is 285 Å². The number of hydrogen-bond acceptors (Lipinski definition) is 29. The van der Waals surface area contributed by atoms with Gasteiger partial charge in [-0.1, -0.05) is 71.8 Å². The molecule has 10 rings (SSSR count). The van der Waals surface area contributed by atoms with E-state index in [1.54, 1.807) is 0 Å². The zero-order valence-corrected chi connectivity index (χ0v) is 54.4. The van der Waals surface area contributed by atoms with E-state index in [4.69, 9.17) is 56.8 Å². The summed E-state index contributed by atoms with van der Waals surface area (Å²) in [6, 6.07) is 0. The molecule has 6 heterocycles. The van der Waals surface area contributed by atoms with E-state index in [0.717, 1.165) is 37.7 Å². The highest BCUT2D eigenvalue weighted by molar-refractivity contribution is 5.82. The molecule has 94 heavy (non-hydrogen) atoms. The second-order valence-corrected chi connectivity index (χ2v) is 29.4. The van der Waals surface area contributed by atoms with E-state index in [2.05, 4.69) is 55.0 Å². The Balaban J connectivity index is 0.835. The third-order valence-corrected chi connectivity index (χ3v) is 23.5. The van der Waals surface area contributed by atoms with Crippen molar-refractivity contribution in [3.8, 4) is 0 Å². The third-order valence-electron chi connectivity index (χ3n) is 23.5. The van der Waals surface area contributed by atoms with Crippen molar-refractivity contribution in [3.05, 3.63) is 23.3 Å². The quantitative estimate of drug-likeness (QED) is 0.0499. The van der Waals surface area contributed by atoms with Gasteiger partial charge >= 0.3 is 5.97 Å². The molecule has 0 radical (unpaired) electrons. The zero-order valence-electron chi connectivity index (χ0n) is 54.4. The van der Waals surface area contributed by atoms with E-state index in [1.807, 2.05) is 0 Å². The summed E-state index contributed by atoms with van der Waals surface area (Å²) in [5.74, 6) is 0.103. The maximum Gasteiger partial charge on any atom is 0.314 e. The van der Waals surface area contributed by atoms with E-state index < -0.39 is 239 Å². The van der Waals surface area contributed by atoms with Crippen LogP contribution in [0.5, 0.6) is 0 Å². The van der Waals surface area contributed by atoms with Gasteiger partial charge in [-0.05, 0) is 104 Å². The van der Waals surface area contributed by atoms with Gasteiger partial charge in [0, 0.05) is 0 Å². The molecule has 34 atom stereocenters. The van der Waals surface area contributed by atoms with Crippen LogP contribution in [-0.4, -0.2) is 304 Å². The van der Waals surface area contributed by atoms with Crippen LogP contribution >= 0.6 is 0 Å². The van der Waals surface area contributed by atoms with Gasteiger partial charge in [0.05, 0.1) is 51.2 Å². The molecule has 6 aliphatic heterocycles. The maximum absolute atomic E-state index is 14.1. The fraction of sp³-hybridized carbons (Fsp3) is 0.922. The summed E-state index contributed by atoms with van der Waals surface area (Å²) in [7, 11) is 0. The SMILES string of the molecule is C=C(CC[C@@H](C)C1CCC2(C(=O)O)C3=C(CC[C@]12C)[C@@]1(C)CC[C@H](O[C@@H]2OC[C@H](O)C(O[C@@H]4OC[C@H](O[C@@H]5OC(CO)[C@H](O[C@@H]6OC(CO)[C@@H](O)C(O)C6O[C@@H]6OC[C@@H](O)C(O)C6O)C(O)C5O)C(O)C4O)C2O[C@@H]2OC(CO)[C@H](O)C(O)C2O)C(C)(C)C1CC3)C(C)C. The molecule has 6 saturated heterocycles. The molecule has 17 N–H and O–H groups in total. The van der Waals surface area contributed by atoms with E-state index in [0.29, 0.717) is 43.9 Å². The Hall–Kier alpha value is -2.17. The maximum atomic E-state index is 14.1. The second kappa shape index (κ2) is 29.4. The number of aliphatic hydroxyl groups is 16. The van der Waals surface area contributed by atoms with Gasteiger partial charge in [0.25, 0.3) is 0 Å². The van der Waals surface area contributed by atoms with Crippen LogP contribution in [0, 0.1) is 45.3 Å². The molecule has 540 valence electrons. The minimum atomic E-state index is -2.10. The molecule has 18 unspecified atom stereocenters. The fourth-order valence-corrected chi connectivity index (χ4v) is 17.7. The largest absolute Gasteiger partial charge is 0.481 e. The average Bonchev–Trinajstić information content (AvgIpc) is 1.34. The van der Waals surface area contributed by atoms with Gasteiger partial charge in [0.15, 0.2) is 37.7 Å². The van der Waals surface area contributed by atoms with Gasteiger partial charge in [-0.3, -0.25) is 4.79 Å². The highest BCUT2D eigenvalue weighted by Crippen LogP contribution is 2.73. The Bertz CT molecular complexity index is 2600. The average molecular weight is 1350 g/mol. The van der Waals surface area contributed by atoms with Crippen molar-refractivity contribution >= 4 is 5.97 Å².